The molecule has 0 spiro atoms. The Hall–Kier alpha value is -2.42. The highest BCUT2D eigenvalue weighted by Crippen LogP contribution is 2.29. The Kier molecular flexibility index (Phi) is 8.24. The standard InChI is InChI=1S/C17H21F3N2O4/c1-11(10-12-2-4-13(5-3-12)17(18,19)20)21-16(26)14(6-8-23)22-15(25)7-9-24/h2-5,8,11,14,24H,6-7,9-10H2,1H3,(H,21,26)(H,22,25). The van der Waals surface area contributed by atoms with Crippen LogP contribution in [-0.4, -0.2) is 41.9 Å². The number of hydrogen-bond donors (Lipinski definition) is 3. The van der Waals surface area contributed by atoms with Crippen molar-refractivity contribution < 1.29 is 32.7 Å². The largest absolute Gasteiger partial charge is 0.416 e. The highest BCUT2D eigenvalue weighted by Gasteiger charge is 2.30. The van der Waals surface area contributed by atoms with Gasteiger partial charge in [-0.1, -0.05) is 12.1 Å². The van der Waals surface area contributed by atoms with Gasteiger partial charge in [-0.2, -0.15) is 13.2 Å². The molecule has 0 aliphatic heterocycles. The molecular formula is C17H21F3N2O4. The number of carbonyl (C=O) groups excluding carboxylic acids is 3. The molecule has 1 aromatic rings. The Bertz CT molecular complexity index is 617. The van der Waals surface area contributed by atoms with Crippen LogP contribution in [0.3, 0.4) is 0 Å². The van der Waals surface area contributed by atoms with Gasteiger partial charge in [0.1, 0.15) is 12.3 Å². The molecule has 0 aliphatic carbocycles. The third kappa shape index (κ3) is 7.22. The summed E-state index contributed by atoms with van der Waals surface area (Å²) in [6.07, 6.45) is -4.06. The average molecular weight is 374 g/mol. The van der Waals surface area contributed by atoms with E-state index in [4.69, 9.17) is 5.11 Å². The van der Waals surface area contributed by atoms with Gasteiger partial charge in [0, 0.05) is 18.9 Å². The monoisotopic (exact) mass is 374 g/mol. The van der Waals surface area contributed by atoms with E-state index in [0.29, 0.717) is 11.8 Å². The molecule has 2 unspecified atom stereocenters. The van der Waals surface area contributed by atoms with Gasteiger partial charge in [-0.05, 0) is 31.0 Å². The first-order valence-corrected chi connectivity index (χ1v) is 7.97. The zero-order valence-corrected chi connectivity index (χ0v) is 14.2. The second-order valence-electron chi connectivity index (χ2n) is 5.80. The van der Waals surface area contributed by atoms with E-state index >= 15 is 0 Å². The topological polar surface area (TPSA) is 95.5 Å². The third-order valence-corrected chi connectivity index (χ3v) is 3.53. The van der Waals surface area contributed by atoms with Crippen LogP contribution in [0.25, 0.3) is 0 Å². The second-order valence-corrected chi connectivity index (χ2v) is 5.80. The number of nitrogens with one attached hydrogen (secondary N) is 2. The zero-order chi connectivity index (χ0) is 19.7. The second kappa shape index (κ2) is 9.91. The van der Waals surface area contributed by atoms with Crippen molar-refractivity contribution in [1.29, 1.82) is 0 Å². The fraction of sp³-hybridized carbons (Fsp3) is 0.471. The molecule has 2 amide bonds. The van der Waals surface area contributed by atoms with Gasteiger partial charge in [0.25, 0.3) is 0 Å². The molecule has 144 valence electrons. The van der Waals surface area contributed by atoms with Crippen molar-refractivity contribution >= 4 is 18.1 Å². The Morgan fingerprint density at radius 3 is 2.31 bits per heavy atom. The van der Waals surface area contributed by atoms with Gasteiger partial charge in [0.15, 0.2) is 0 Å². The number of amides is 2. The van der Waals surface area contributed by atoms with Gasteiger partial charge in [0.2, 0.25) is 11.8 Å². The highest BCUT2D eigenvalue weighted by molar-refractivity contribution is 5.89. The van der Waals surface area contributed by atoms with Gasteiger partial charge < -0.3 is 20.5 Å². The molecule has 0 aliphatic rings. The van der Waals surface area contributed by atoms with E-state index in [1.54, 1.807) is 6.92 Å². The lowest BCUT2D eigenvalue weighted by Gasteiger charge is -2.20. The van der Waals surface area contributed by atoms with Gasteiger partial charge >= 0.3 is 6.18 Å². The maximum Gasteiger partial charge on any atom is 0.416 e. The summed E-state index contributed by atoms with van der Waals surface area (Å²) in [7, 11) is 0. The van der Waals surface area contributed by atoms with Gasteiger partial charge in [0.05, 0.1) is 12.2 Å². The molecule has 1 aromatic carbocycles. The summed E-state index contributed by atoms with van der Waals surface area (Å²) in [5.41, 5.74) is -0.155. The van der Waals surface area contributed by atoms with Crippen LogP contribution >= 0.6 is 0 Å². The lowest BCUT2D eigenvalue weighted by atomic mass is 10.0. The first-order valence-electron chi connectivity index (χ1n) is 7.97. The van der Waals surface area contributed by atoms with Crippen molar-refractivity contribution in [3.8, 4) is 0 Å². The van der Waals surface area contributed by atoms with Gasteiger partial charge in [-0.15, -0.1) is 0 Å². The minimum Gasteiger partial charge on any atom is -0.396 e. The number of aldehydes is 1. The van der Waals surface area contributed by atoms with Crippen LogP contribution in [0.4, 0.5) is 13.2 Å². The number of benzene rings is 1. The Morgan fingerprint density at radius 1 is 1.19 bits per heavy atom. The van der Waals surface area contributed by atoms with E-state index in [2.05, 4.69) is 10.6 Å². The first kappa shape index (κ1) is 21.6. The number of alkyl halides is 3. The molecule has 2 atom stereocenters. The molecule has 26 heavy (non-hydrogen) atoms. The smallest absolute Gasteiger partial charge is 0.396 e. The summed E-state index contributed by atoms with van der Waals surface area (Å²) in [5.74, 6) is -1.15. The van der Waals surface area contributed by atoms with Crippen LogP contribution < -0.4 is 10.6 Å². The Balaban J connectivity index is 2.63. The lowest BCUT2D eigenvalue weighted by Crippen LogP contribution is -2.49. The van der Waals surface area contributed by atoms with Crippen molar-refractivity contribution in [3.63, 3.8) is 0 Å². The molecular weight excluding hydrogens is 353 g/mol. The van der Waals surface area contributed by atoms with E-state index in [9.17, 15) is 27.6 Å². The molecule has 9 heteroatoms. The van der Waals surface area contributed by atoms with Crippen LogP contribution in [0.5, 0.6) is 0 Å². The minimum atomic E-state index is -4.41. The van der Waals surface area contributed by atoms with E-state index in [-0.39, 0.29) is 25.9 Å². The molecule has 0 saturated carbocycles. The quantitative estimate of drug-likeness (QED) is 0.566. The Morgan fingerprint density at radius 2 is 1.81 bits per heavy atom. The summed E-state index contributed by atoms with van der Waals surface area (Å²) < 4.78 is 37.6. The van der Waals surface area contributed by atoms with Crippen LogP contribution in [0, 0.1) is 0 Å². The number of aliphatic hydroxyl groups is 1. The normalized spacial score (nSPS) is 13.6. The van der Waals surface area contributed by atoms with Crippen LogP contribution in [0.15, 0.2) is 24.3 Å². The number of hydrogen-bond acceptors (Lipinski definition) is 4. The maximum absolute atomic E-state index is 12.5. The van der Waals surface area contributed by atoms with E-state index in [0.717, 1.165) is 12.1 Å². The van der Waals surface area contributed by atoms with Gasteiger partial charge in [-0.25, -0.2) is 0 Å². The predicted octanol–water partition coefficient (Wildman–Crippen LogP) is 1.21. The maximum atomic E-state index is 12.5. The molecule has 0 aromatic heterocycles. The number of carbonyl (C=O) groups is 3. The summed E-state index contributed by atoms with van der Waals surface area (Å²) in [6.45, 7) is 1.27. The summed E-state index contributed by atoms with van der Waals surface area (Å²) in [6, 6.07) is 3.10. The lowest BCUT2D eigenvalue weighted by molar-refractivity contribution is -0.137. The predicted molar refractivity (Wildman–Crippen MR) is 87.1 cm³/mol. The summed E-state index contributed by atoms with van der Waals surface area (Å²) >= 11 is 0. The fourth-order valence-electron chi connectivity index (χ4n) is 2.27. The molecule has 6 nitrogen and oxygen atoms in total. The third-order valence-electron chi connectivity index (χ3n) is 3.53. The van der Waals surface area contributed by atoms with E-state index < -0.39 is 35.6 Å². The summed E-state index contributed by atoms with van der Waals surface area (Å²) in [5, 5.41) is 13.6. The van der Waals surface area contributed by atoms with Crippen LogP contribution in [0.1, 0.15) is 30.9 Å². The molecule has 0 radical (unpaired) electrons. The fourth-order valence-corrected chi connectivity index (χ4v) is 2.27. The molecule has 1 rings (SSSR count). The molecule has 0 heterocycles. The Labute approximate surface area is 148 Å². The molecule has 3 N–H and O–H groups in total. The van der Waals surface area contributed by atoms with E-state index in [1.807, 2.05) is 0 Å². The minimum absolute atomic E-state index is 0.191. The van der Waals surface area contributed by atoms with Crippen molar-refractivity contribution in [2.24, 2.45) is 0 Å². The van der Waals surface area contributed by atoms with Crippen molar-refractivity contribution in [2.45, 2.75) is 44.4 Å². The molecule has 0 bridgehead atoms. The number of rotatable bonds is 9. The van der Waals surface area contributed by atoms with Crippen LogP contribution in [-0.2, 0) is 27.0 Å². The van der Waals surface area contributed by atoms with Gasteiger partial charge in [-0.3, -0.25) is 9.59 Å². The average Bonchev–Trinajstić information content (AvgIpc) is 2.54. The molecule has 0 saturated heterocycles. The summed E-state index contributed by atoms with van der Waals surface area (Å²) in [4.78, 5) is 34.3. The first-order chi connectivity index (χ1) is 12.2. The van der Waals surface area contributed by atoms with Crippen molar-refractivity contribution in [2.75, 3.05) is 6.61 Å². The zero-order valence-electron chi connectivity index (χ0n) is 14.2. The van der Waals surface area contributed by atoms with Crippen LogP contribution in [0.2, 0.25) is 0 Å². The van der Waals surface area contributed by atoms with E-state index in [1.165, 1.54) is 12.1 Å². The molecule has 0 fully saturated rings. The van der Waals surface area contributed by atoms with Crippen molar-refractivity contribution in [1.82, 2.24) is 10.6 Å². The highest BCUT2D eigenvalue weighted by atomic mass is 19.4. The van der Waals surface area contributed by atoms with Crippen molar-refractivity contribution in [3.05, 3.63) is 35.4 Å². The number of halogens is 3. The SMILES string of the molecule is CC(Cc1ccc(C(F)(F)F)cc1)NC(=O)C(CC=O)NC(=O)CCO. The number of aliphatic hydroxyl groups excluding tert-OH is 1.